The van der Waals surface area contributed by atoms with Gasteiger partial charge in [0, 0.05) is 24.2 Å². The van der Waals surface area contributed by atoms with E-state index in [-0.39, 0.29) is 13.2 Å². The summed E-state index contributed by atoms with van der Waals surface area (Å²) in [5.41, 5.74) is 6.25. The third-order valence-corrected chi connectivity index (χ3v) is 6.94. The second kappa shape index (κ2) is 13.0. The number of aliphatic hydroxyl groups excluding tert-OH is 2. The van der Waals surface area contributed by atoms with E-state index >= 15 is 0 Å². The fourth-order valence-electron chi connectivity index (χ4n) is 4.85. The van der Waals surface area contributed by atoms with Crippen molar-refractivity contribution in [3.05, 3.63) is 52.6 Å². The molecule has 4 rings (SSSR count). The number of carbonyl (C=O) groups excluding carboxylic acids is 1. The zero-order valence-electron chi connectivity index (χ0n) is 22.5. The lowest BCUT2D eigenvalue weighted by atomic mass is 10.0. The number of likely N-dealkylation sites (tertiary alicyclic amines) is 1. The minimum Gasteiger partial charge on any atom is -0.490 e. The van der Waals surface area contributed by atoms with Gasteiger partial charge in [0.2, 0.25) is 11.7 Å². The molecule has 0 saturated carbocycles. The van der Waals surface area contributed by atoms with E-state index in [4.69, 9.17) is 19.4 Å². The minimum absolute atomic E-state index is 0.00258. The summed E-state index contributed by atoms with van der Waals surface area (Å²) in [7, 11) is 0. The van der Waals surface area contributed by atoms with Crippen molar-refractivity contribution in [2.24, 2.45) is 0 Å². The predicted octanol–water partition coefficient (Wildman–Crippen LogP) is 3.28. The second-order valence-corrected chi connectivity index (χ2v) is 9.81. The summed E-state index contributed by atoms with van der Waals surface area (Å²) in [5, 5.41) is 25.6. The van der Waals surface area contributed by atoms with Gasteiger partial charge >= 0.3 is 0 Å². The molecule has 1 amide bonds. The normalized spacial score (nSPS) is 14.6. The molecule has 9 heteroatoms. The summed E-state index contributed by atoms with van der Waals surface area (Å²) in [6.07, 6.45) is 3.32. The maximum absolute atomic E-state index is 11.2. The first-order chi connectivity index (χ1) is 18.4. The smallest absolute Gasteiger partial charge is 0.258 e. The van der Waals surface area contributed by atoms with E-state index in [2.05, 4.69) is 40.5 Å². The van der Waals surface area contributed by atoms with Crippen LogP contribution in [0.3, 0.4) is 0 Å². The van der Waals surface area contributed by atoms with Gasteiger partial charge in [0.25, 0.3) is 5.89 Å². The maximum Gasteiger partial charge on any atom is 0.258 e. The summed E-state index contributed by atoms with van der Waals surface area (Å²) in [6, 6.07) is 10.3. The molecule has 0 aliphatic carbocycles. The molecule has 1 aliphatic heterocycles. The number of nitrogens with zero attached hydrogens (tertiary/aromatic N) is 3. The molecule has 3 N–H and O–H groups in total. The summed E-state index contributed by atoms with van der Waals surface area (Å²) in [4.78, 5) is 18.4. The summed E-state index contributed by atoms with van der Waals surface area (Å²) >= 11 is 0. The third kappa shape index (κ3) is 6.78. The van der Waals surface area contributed by atoms with Crippen LogP contribution in [0.4, 0.5) is 0 Å². The molecule has 1 saturated heterocycles. The van der Waals surface area contributed by atoms with Gasteiger partial charge in [0.05, 0.1) is 0 Å². The largest absolute Gasteiger partial charge is 0.490 e. The van der Waals surface area contributed by atoms with Crippen molar-refractivity contribution >= 4 is 5.91 Å². The highest BCUT2D eigenvalue weighted by Crippen LogP contribution is 2.32. The average molecular weight is 523 g/mol. The molecule has 2 aromatic carbocycles. The van der Waals surface area contributed by atoms with Gasteiger partial charge in [-0.15, -0.1) is 0 Å². The number of nitrogens with one attached hydrogen (secondary N) is 1. The highest BCUT2D eigenvalue weighted by molar-refractivity contribution is 5.76. The number of aliphatic hydroxyl groups is 2. The van der Waals surface area contributed by atoms with Gasteiger partial charge in [-0.2, -0.15) is 4.98 Å². The molecule has 0 bridgehead atoms. The molecule has 1 atom stereocenters. The Bertz CT molecular complexity index is 1240. The molecule has 204 valence electrons. The SMILES string of the molecule is CCc1cc(-c2nc(-c3cc(C)c(OCC(O)CNC(=O)CO)c(CC)c3)no2)ccc1CN1CCCC1. The lowest BCUT2D eigenvalue weighted by Gasteiger charge is -2.17. The number of ether oxygens (including phenoxy) is 1. The van der Waals surface area contributed by atoms with Gasteiger partial charge in [-0.1, -0.05) is 25.1 Å². The van der Waals surface area contributed by atoms with E-state index in [0.717, 1.165) is 35.2 Å². The summed E-state index contributed by atoms with van der Waals surface area (Å²) < 4.78 is 11.6. The first kappa shape index (κ1) is 27.8. The maximum atomic E-state index is 11.2. The molecule has 9 nitrogen and oxygen atoms in total. The van der Waals surface area contributed by atoms with Crippen molar-refractivity contribution in [2.45, 2.75) is 59.1 Å². The first-order valence-electron chi connectivity index (χ1n) is 13.4. The van der Waals surface area contributed by atoms with Crippen molar-refractivity contribution < 1.29 is 24.3 Å². The molecule has 1 aliphatic rings. The molecule has 3 aromatic rings. The number of benzene rings is 2. The Morgan fingerprint density at radius 2 is 1.84 bits per heavy atom. The second-order valence-electron chi connectivity index (χ2n) is 9.81. The van der Waals surface area contributed by atoms with E-state index in [9.17, 15) is 9.90 Å². The van der Waals surface area contributed by atoms with Crippen molar-refractivity contribution in [3.8, 4) is 28.6 Å². The van der Waals surface area contributed by atoms with Crippen molar-refractivity contribution in [3.63, 3.8) is 0 Å². The van der Waals surface area contributed by atoms with Crippen LogP contribution in [0.2, 0.25) is 0 Å². The van der Waals surface area contributed by atoms with Gasteiger partial charge in [-0.05, 0) is 92.2 Å². The number of rotatable bonds is 12. The lowest BCUT2D eigenvalue weighted by molar-refractivity contribution is -0.124. The Morgan fingerprint density at radius 3 is 2.55 bits per heavy atom. The third-order valence-electron chi connectivity index (χ3n) is 6.94. The molecule has 1 unspecified atom stereocenters. The number of hydrogen-bond acceptors (Lipinski definition) is 8. The van der Waals surface area contributed by atoms with E-state index in [1.54, 1.807) is 0 Å². The topological polar surface area (TPSA) is 121 Å². The van der Waals surface area contributed by atoms with Crippen LogP contribution >= 0.6 is 0 Å². The Balaban J connectivity index is 1.48. The van der Waals surface area contributed by atoms with Crippen LogP contribution in [-0.4, -0.2) is 70.1 Å². The number of amides is 1. The molecular formula is C29H38N4O5. The van der Waals surface area contributed by atoms with Gasteiger partial charge < -0.3 is 24.8 Å². The minimum atomic E-state index is -0.899. The Labute approximate surface area is 223 Å². The molecule has 0 spiro atoms. The van der Waals surface area contributed by atoms with Gasteiger partial charge in [-0.3, -0.25) is 9.69 Å². The molecule has 1 fully saturated rings. The predicted molar refractivity (Wildman–Crippen MR) is 145 cm³/mol. The zero-order valence-corrected chi connectivity index (χ0v) is 22.5. The highest BCUT2D eigenvalue weighted by atomic mass is 16.5. The van der Waals surface area contributed by atoms with Gasteiger partial charge in [0.1, 0.15) is 25.1 Å². The van der Waals surface area contributed by atoms with Crippen LogP contribution in [0.15, 0.2) is 34.9 Å². The fourth-order valence-corrected chi connectivity index (χ4v) is 4.85. The van der Waals surface area contributed by atoms with Gasteiger partial charge in [0.15, 0.2) is 0 Å². The Hall–Kier alpha value is -3.27. The standard InChI is InChI=1S/C29H38N4O5/c1-4-20-13-22(8-9-23(20)16-33-10-6-7-11-33)29-31-28(32-38-29)24-12-19(3)27(21(5-2)14-24)37-18-25(35)15-30-26(36)17-34/h8-9,12-14,25,34-35H,4-7,10-11,15-18H2,1-3H3,(H,30,36). The monoisotopic (exact) mass is 522 g/mol. The van der Waals surface area contributed by atoms with Crippen LogP contribution in [0.5, 0.6) is 5.75 Å². The summed E-state index contributed by atoms with van der Waals surface area (Å²) in [5.74, 6) is 1.15. The molecule has 1 aromatic heterocycles. The van der Waals surface area contributed by atoms with Crippen molar-refractivity contribution in [1.82, 2.24) is 20.4 Å². The van der Waals surface area contributed by atoms with E-state index in [1.165, 1.54) is 37.1 Å². The first-order valence-corrected chi connectivity index (χ1v) is 13.4. The van der Waals surface area contributed by atoms with Crippen LogP contribution in [0.1, 0.15) is 48.9 Å². The van der Waals surface area contributed by atoms with E-state index in [0.29, 0.717) is 23.9 Å². The van der Waals surface area contributed by atoms with Crippen LogP contribution in [0, 0.1) is 6.92 Å². The average Bonchev–Trinajstić information content (AvgIpc) is 3.63. The van der Waals surface area contributed by atoms with Crippen molar-refractivity contribution in [1.29, 1.82) is 0 Å². The molecule has 38 heavy (non-hydrogen) atoms. The molecular weight excluding hydrogens is 484 g/mol. The number of carbonyl (C=O) groups is 1. The number of hydrogen-bond donors (Lipinski definition) is 3. The molecule has 0 radical (unpaired) electrons. The Morgan fingerprint density at radius 1 is 1.11 bits per heavy atom. The fraction of sp³-hybridized carbons (Fsp3) is 0.483. The zero-order chi connectivity index (χ0) is 27.1. The van der Waals surface area contributed by atoms with E-state index < -0.39 is 18.6 Å². The van der Waals surface area contributed by atoms with Crippen LogP contribution in [-0.2, 0) is 24.2 Å². The quantitative estimate of drug-likeness (QED) is 0.331. The van der Waals surface area contributed by atoms with Crippen LogP contribution < -0.4 is 10.1 Å². The van der Waals surface area contributed by atoms with Crippen LogP contribution in [0.25, 0.3) is 22.8 Å². The lowest BCUT2D eigenvalue weighted by Crippen LogP contribution is -2.36. The Kier molecular flexibility index (Phi) is 9.49. The molecule has 2 heterocycles. The van der Waals surface area contributed by atoms with Gasteiger partial charge in [-0.25, -0.2) is 0 Å². The van der Waals surface area contributed by atoms with Crippen molar-refractivity contribution in [2.75, 3.05) is 32.8 Å². The number of aromatic nitrogens is 2. The highest BCUT2D eigenvalue weighted by Gasteiger charge is 2.18. The summed E-state index contributed by atoms with van der Waals surface area (Å²) in [6.45, 7) is 8.87. The number of aryl methyl sites for hydroxylation is 3. The van der Waals surface area contributed by atoms with E-state index in [1.807, 2.05) is 26.0 Å².